The number of hydrogen-bond donors (Lipinski definition) is 1. The molecule has 1 aromatic rings. The van der Waals surface area contributed by atoms with Gasteiger partial charge in [-0.05, 0) is 5.21 Å². The van der Waals surface area contributed by atoms with E-state index in [9.17, 15) is 4.79 Å². The molecule has 0 aliphatic heterocycles. The minimum absolute atomic E-state index is 0.0553. The second-order valence-electron chi connectivity index (χ2n) is 2.11. The van der Waals surface area contributed by atoms with Crippen molar-refractivity contribution >= 4 is 17.5 Å². The number of nitrogens with one attached hydrogen (secondary N) is 1. The molecule has 0 unspecified atom stereocenters. The fraction of sp³-hybridized carbons (Fsp3) is 0.600. The van der Waals surface area contributed by atoms with Crippen LogP contribution in [0.5, 0.6) is 0 Å². The SMILES string of the molecule is Cn1nnc(CNC(=O)CCl)n1. The molecule has 66 valence electrons. The summed E-state index contributed by atoms with van der Waals surface area (Å²) in [5, 5.41) is 13.6. The van der Waals surface area contributed by atoms with Crippen LogP contribution in [0.2, 0.25) is 0 Å². The average Bonchev–Trinajstić information content (AvgIpc) is 2.47. The highest BCUT2D eigenvalue weighted by molar-refractivity contribution is 6.27. The van der Waals surface area contributed by atoms with Gasteiger partial charge in [0.15, 0.2) is 5.82 Å². The Kier molecular flexibility index (Phi) is 2.98. The van der Waals surface area contributed by atoms with E-state index in [0.717, 1.165) is 0 Å². The van der Waals surface area contributed by atoms with E-state index in [2.05, 4.69) is 20.7 Å². The summed E-state index contributed by atoms with van der Waals surface area (Å²) in [6.07, 6.45) is 0. The number of halogens is 1. The minimum Gasteiger partial charge on any atom is -0.348 e. The number of aryl methyl sites for hydroxylation is 1. The van der Waals surface area contributed by atoms with Gasteiger partial charge in [-0.2, -0.15) is 4.80 Å². The lowest BCUT2D eigenvalue weighted by molar-refractivity contribution is -0.118. The van der Waals surface area contributed by atoms with Crippen molar-refractivity contribution < 1.29 is 4.79 Å². The lowest BCUT2D eigenvalue weighted by atomic mass is 10.6. The Morgan fingerprint density at radius 1 is 1.75 bits per heavy atom. The number of aromatic nitrogens is 4. The molecule has 0 spiro atoms. The maximum Gasteiger partial charge on any atom is 0.235 e. The van der Waals surface area contributed by atoms with Crippen LogP contribution in [0, 0.1) is 0 Å². The number of alkyl halides is 1. The van der Waals surface area contributed by atoms with E-state index in [4.69, 9.17) is 11.6 Å². The van der Waals surface area contributed by atoms with Gasteiger partial charge in [0.1, 0.15) is 5.88 Å². The Labute approximate surface area is 73.9 Å². The van der Waals surface area contributed by atoms with Crippen molar-refractivity contribution in [1.29, 1.82) is 0 Å². The zero-order chi connectivity index (χ0) is 8.97. The van der Waals surface area contributed by atoms with Crippen LogP contribution >= 0.6 is 11.6 Å². The molecule has 0 fully saturated rings. The van der Waals surface area contributed by atoms with Gasteiger partial charge in [-0.1, -0.05) is 0 Å². The first-order chi connectivity index (χ1) is 5.72. The van der Waals surface area contributed by atoms with E-state index < -0.39 is 0 Å². The van der Waals surface area contributed by atoms with Gasteiger partial charge >= 0.3 is 0 Å². The predicted octanol–water partition coefficient (Wildman–Crippen LogP) is -0.935. The van der Waals surface area contributed by atoms with Crippen molar-refractivity contribution in [3.05, 3.63) is 5.82 Å². The molecule has 0 radical (unpaired) electrons. The molecular formula is C5H8ClN5O. The normalized spacial score (nSPS) is 9.83. The predicted molar refractivity (Wildman–Crippen MR) is 41.4 cm³/mol. The summed E-state index contributed by atoms with van der Waals surface area (Å²) in [5.41, 5.74) is 0. The third kappa shape index (κ3) is 2.46. The van der Waals surface area contributed by atoms with E-state index in [1.54, 1.807) is 7.05 Å². The summed E-state index contributed by atoms with van der Waals surface area (Å²) in [4.78, 5) is 12.0. The van der Waals surface area contributed by atoms with Gasteiger partial charge in [0.05, 0.1) is 13.6 Å². The largest absolute Gasteiger partial charge is 0.348 e. The molecule has 0 saturated heterocycles. The Morgan fingerprint density at radius 2 is 2.50 bits per heavy atom. The number of rotatable bonds is 3. The molecule has 1 N–H and O–H groups in total. The molecule has 6 nitrogen and oxygen atoms in total. The quantitative estimate of drug-likeness (QED) is 0.624. The molecule has 1 amide bonds. The smallest absolute Gasteiger partial charge is 0.235 e. The Hall–Kier alpha value is -1.17. The summed E-state index contributed by atoms with van der Waals surface area (Å²) < 4.78 is 0. The van der Waals surface area contributed by atoms with Crippen LogP contribution < -0.4 is 5.32 Å². The number of hydrogen-bond acceptors (Lipinski definition) is 4. The zero-order valence-electron chi connectivity index (χ0n) is 6.49. The highest BCUT2D eigenvalue weighted by atomic mass is 35.5. The fourth-order valence-corrected chi connectivity index (χ4v) is 0.713. The first-order valence-electron chi connectivity index (χ1n) is 3.28. The number of amides is 1. The number of nitrogens with zero attached hydrogens (tertiary/aromatic N) is 4. The van der Waals surface area contributed by atoms with Crippen LogP contribution in [0.25, 0.3) is 0 Å². The molecule has 0 atom stereocenters. The average molecular weight is 190 g/mol. The van der Waals surface area contributed by atoms with Crippen LogP contribution in [0.1, 0.15) is 5.82 Å². The Bertz CT molecular complexity index is 273. The van der Waals surface area contributed by atoms with Gasteiger partial charge in [-0.3, -0.25) is 4.79 Å². The van der Waals surface area contributed by atoms with Crippen LogP contribution in [-0.4, -0.2) is 32.0 Å². The van der Waals surface area contributed by atoms with E-state index >= 15 is 0 Å². The van der Waals surface area contributed by atoms with Crippen molar-refractivity contribution in [2.75, 3.05) is 5.88 Å². The maximum atomic E-state index is 10.7. The van der Waals surface area contributed by atoms with Crippen molar-refractivity contribution in [3.8, 4) is 0 Å². The number of carbonyl (C=O) groups excluding carboxylic acids is 1. The molecule has 0 aliphatic carbocycles. The van der Waals surface area contributed by atoms with E-state index in [1.807, 2.05) is 0 Å². The lowest BCUT2D eigenvalue weighted by Gasteiger charge is -1.96. The van der Waals surface area contributed by atoms with Gasteiger partial charge in [0.25, 0.3) is 0 Å². The highest BCUT2D eigenvalue weighted by Crippen LogP contribution is 1.84. The third-order valence-electron chi connectivity index (χ3n) is 1.11. The molecule has 0 saturated carbocycles. The molecule has 12 heavy (non-hydrogen) atoms. The third-order valence-corrected chi connectivity index (χ3v) is 1.36. The molecule has 0 bridgehead atoms. The lowest BCUT2D eigenvalue weighted by Crippen LogP contribution is -2.24. The van der Waals surface area contributed by atoms with Gasteiger partial charge in [0, 0.05) is 0 Å². The van der Waals surface area contributed by atoms with Crippen molar-refractivity contribution in [1.82, 2.24) is 25.5 Å². The summed E-state index contributed by atoms with van der Waals surface area (Å²) >= 11 is 5.25. The van der Waals surface area contributed by atoms with Crippen LogP contribution in [0.15, 0.2) is 0 Å². The second-order valence-corrected chi connectivity index (χ2v) is 2.37. The first-order valence-corrected chi connectivity index (χ1v) is 3.81. The topological polar surface area (TPSA) is 72.7 Å². The number of tetrazole rings is 1. The Balaban J connectivity index is 2.38. The summed E-state index contributed by atoms with van der Waals surface area (Å²) in [5.74, 6) is 0.167. The molecule has 1 rings (SSSR count). The molecular weight excluding hydrogens is 182 g/mol. The molecule has 1 aromatic heterocycles. The molecule has 0 aromatic carbocycles. The van der Waals surface area contributed by atoms with Crippen molar-refractivity contribution in [2.45, 2.75) is 6.54 Å². The van der Waals surface area contributed by atoms with Gasteiger partial charge in [-0.25, -0.2) is 0 Å². The monoisotopic (exact) mass is 189 g/mol. The summed E-state index contributed by atoms with van der Waals surface area (Å²) in [7, 11) is 1.65. The molecule has 7 heteroatoms. The second kappa shape index (κ2) is 4.01. The van der Waals surface area contributed by atoms with Gasteiger partial charge < -0.3 is 5.32 Å². The summed E-state index contributed by atoms with van der Waals surface area (Å²) in [6.45, 7) is 0.263. The van der Waals surface area contributed by atoms with Crippen molar-refractivity contribution in [2.24, 2.45) is 7.05 Å². The van der Waals surface area contributed by atoms with Gasteiger partial charge in [-0.15, -0.1) is 21.8 Å². The van der Waals surface area contributed by atoms with E-state index in [0.29, 0.717) is 5.82 Å². The number of carbonyl (C=O) groups is 1. The highest BCUT2D eigenvalue weighted by Gasteiger charge is 2.02. The van der Waals surface area contributed by atoms with Crippen LogP contribution in [-0.2, 0) is 18.4 Å². The molecule has 0 aliphatic rings. The van der Waals surface area contributed by atoms with Crippen LogP contribution in [0.3, 0.4) is 0 Å². The van der Waals surface area contributed by atoms with Crippen LogP contribution in [0.4, 0.5) is 0 Å². The van der Waals surface area contributed by atoms with Crippen molar-refractivity contribution in [3.63, 3.8) is 0 Å². The first kappa shape index (κ1) is 8.92. The maximum absolute atomic E-state index is 10.7. The minimum atomic E-state index is -0.246. The van der Waals surface area contributed by atoms with Gasteiger partial charge in [0.2, 0.25) is 5.91 Å². The standard InChI is InChI=1S/C5H8ClN5O/c1-11-9-4(8-10-11)3-7-5(12)2-6/h2-3H2,1H3,(H,7,12). The Morgan fingerprint density at radius 3 is 3.00 bits per heavy atom. The summed E-state index contributed by atoms with van der Waals surface area (Å²) in [6, 6.07) is 0. The fourth-order valence-electron chi connectivity index (χ4n) is 0.619. The zero-order valence-corrected chi connectivity index (χ0v) is 7.25. The van der Waals surface area contributed by atoms with E-state index in [1.165, 1.54) is 4.80 Å². The molecule has 1 heterocycles. The van der Waals surface area contributed by atoms with E-state index in [-0.39, 0.29) is 18.3 Å².